The maximum Gasteiger partial charge on any atom is 0.308 e. The molecule has 5 nitrogen and oxygen atoms in total. The number of carbonyl (C=O) groups excluding carboxylic acids is 1. The first-order chi connectivity index (χ1) is 7.90. The number of carbonyl (C=O) groups is 2. The van der Waals surface area contributed by atoms with Gasteiger partial charge in [0.25, 0.3) is 0 Å². The van der Waals surface area contributed by atoms with Gasteiger partial charge in [0.1, 0.15) is 0 Å². The summed E-state index contributed by atoms with van der Waals surface area (Å²) in [4.78, 5) is 24.6. The van der Waals surface area contributed by atoms with Crippen LogP contribution in [0.5, 0.6) is 0 Å². The lowest BCUT2D eigenvalue weighted by Gasteiger charge is -2.31. The van der Waals surface area contributed by atoms with E-state index in [0.29, 0.717) is 19.4 Å². The van der Waals surface area contributed by atoms with Gasteiger partial charge in [0, 0.05) is 13.1 Å². The van der Waals surface area contributed by atoms with Crippen molar-refractivity contribution in [2.75, 3.05) is 13.1 Å². The normalized spacial score (nSPS) is 19.9. The van der Waals surface area contributed by atoms with E-state index < -0.39 is 17.4 Å². The van der Waals surface area contributed by atoms with Gasteiger partial charge in [-0.2, -0.15) is 0 Å². The molecule has 0 aromatic carbocycles. The second kappa shape index (κ2) is 5.49. The summed E-state index contributed by atoms with van der Waals surface area (Å²) >= 11 is 0. The zero-order valence-electron chi connectivity index (χ0n) is 10.6. The minimum Gasteiger partial charge on any atom is -0.481 e. The Labute approximate surface area is 102 Å². The Balaban J connectivity index is 2.67. The first-order valence-corrected chi connectivity index (χ1v) is 6.22. The third-order valence-corrected chi connectivity index (χ3v) is 3.51. The van der Waals surface area contributed by atoms with Crippen molar-refractivity contribution in [1.29, 1.82) is 0 Å². The summed E-state index contributed by atoms with van der Waals surface area (Å²) in [6, 6.07) is 0. The molecule has 1 saturated carbocycles. The van der Waals surface area contributed by atoms with Crippen LogP contribution in [-0.2, 0) is 9.59 Å². The average Bonchev–Trinajstić information content (AvgIpc) is 2.72. The van der Waals surface area contributed by atoms with Crippen molar-refractivity contribution in [1.82, 2.24) is 4.90 Å². The molecule has 98 valence electrons. The zero-order valence-corrected chi connectivity index (χ0v) is 10.6. The Morgan fingerprint density at radius 2 is 1.94 bits per heavy atom. The number of carboxylic acid groups (broad SMARTS) is 1. The van der Waals surface area contributed by atoms with Gasteiger partial charge in [-0.25, -0.2) is 0 Å². The highest BCUT2D eigenvalue weighted by atomic mass is 16.4. The molecule has 17 heavy (non-hydrogen) atoms. The molecular formula is C12H22N2O3. The van der Waals surface area contributed by atoms with E-state index in [2.05, 4.69) is 0 Å². The summed E-state index contributed by atoms with van der Waals surface area (Å²) < 4.78 is 0. The summed E-state index contributed by atoms with van der Waals surface area (Å²) in [5, 5.41) is 8.87. The van der Waals surface area contributed by atoms with Crippen LogP contribution in [0.15, 0.2) is 0 Å². The third-order valence-electron chi connectivity index (χ3n) is 3.51. The van der Waals surface area contributed by atoms with Crippen LogP contribution in [0.2, 0.25) is 0 Å². The first kappa shape index (κ1) is 14.0. The van der Waals surface area contributed by atoms with E-state index >= 15 is 0 Å². The number of likely N-dealkylation sites (N-methyl/N-ethyl adjacent to an activating group) is 1. The van der Waals surface area contributed by atoms with Gasteiger partial charge in [0.15, 0.2) is 0 Å². The lowest BCUT2D eigenvalue weighted by Crippen LogP contribution is -2.54. The van der Waals surface area contributed by atoms with Gasteiger partial charge in [-0.3, -0.25) is 9.59 Å². The topological polar surface area (TPSA) is 83.6 Å². The molecule has 1 unspecified atom stereocenters. The maximum absolute atomic E-state index is 12.3. The van der Waals surface area contributed by atoms with Crippen LogP contribution in [0.1, 0.15) is 39.5 Å². The van der Waals surface area contributed by atoms with E-state index in [1.165, 1.54) is 0 Å². The standard InChI is InChI=1S/C12H22N2O3/c1-3-14(8-9(2)10(15)16)11(17)12(13)6-4-5-7-12/h9H,3-8,13H2,1-2H3,(H,15,16). The lowest BCUT2D eigenvalue weighted by molar-refractivity contribution is -0.144. The summed E-state index contributed by atoms with van der Waals surface area (Å²) in [5.74, 6) is -1.52. The summed E-state index contributed by atoms with van der Waals surface area (Å²) in [6.45, 7) is 4.21. The van der Waals surface area contributed by atoms with Crippen LogP contribution in [-0.4, -0.2) is 40.5 Å². The van der Waals surface area contributed by atoms with Crippen LogP contribution in [0.4, 0.5) is 0 Å². The number of hydrogen-bond acceptors (Lipinski definition) is 3. The Hall–Kier alpha value is -1.10. The molecule has 0 aromatic heterocycles. The fourth-order valence-corrected chi connectivity index (χ4v) is 2.30. The first-order valence-electron chi connectivity index (χ1n) is 6.22. The largest absolute Gasteiger partial charge is 0.481 e. The number of hydrogen-bond donors (Lipinski definition) is 2. The Kier molecular flexibility index (Phi) is 4.51. The van der Waals surface area contributed by atoms with Gasteiger partial charge in [0.2, 0.25) is 5.91 Å². The molecule has 1 atom stereocenters. The van der Waals surface area contributed by atoms with E-state index in [9.17, 15) is 9.59 Å². The summed E-state index contributed by atoms with van der Waals surface area (Å²) in [5.41, 5.74) is 5.34. The lowest BCUT2D eigenvalue weighted by atomic mass is 9.96. The summed E-state index contributed by atoms with van der Waals surface area (Å²) in [7, 11) is 0. The minimum absolute atomic E-state index is 0.0920. The van der Waals surface area contributed by atoms with Crippen molar-refractivity contribution in [3.8, 4) is 0 Å². The van der Waals surface area contributed by atoms with Gasteiger partial charge in [-0.05, 0) is 19.8 Å². The SMILES string of the molecule is CCN(CC(C)C(=O)O)C(=O)C1(N)CCCC1. The molecule has 0 spiro atoms. The highest BCUT2D eigenvalue weighted by Crippen LogP contribution is 2.29. The van der Waals surface area contributed by atoms with E-state index in [4.69, 9.17) is 10.8 Å². The molecule has 0 aliphatic heterocycles. The van der Waals surface area contributed by atoms with Crippen LogP contribution < -0.4 is 5.73 Å². The molecular weight excluding hydrogens is 220 g/mol. The zero-order chi connectivity index (χ0) is 13.1. The van der Waals surface area contributed by atoms with E-state index in [1.54, 1.807) is 11.8 Å². The van der Waals surface area contributed by atoms with Crippen molar-refractivity contribution in [3.05, 3.63) is 0 Å². The number of nitrogens with zero attached hydrogens (tertiary/aromatic N) is 1. The van der Waals surface area contributed by atoms with Gasteiger partial charge >= 0.3 is 5.97 Å². The van der Waals surface area contributed by atoms with Crippen molar-refractivity contribution in [2.24, 2.45) is 11.7 Å². The van der Waals surface area contributed by atoms with Crippen LogP contribution in [0.25, 0.3) is 0 Å². The Bertz CT molecular complexity index is 298. The molecule has 0 bridgehead atoms. The molecule has 3 N–H and O–H groups in total. The molecule has 1 amide bonds. The van der Waals surface area contributed by atoms with Crippen LogP contribution in [0, 0.1) is 5.92 Å². The molecule has 0 radical (unpaired) electrons. The smallest absolute Gasteiger partial charge is 0.308 e. The fraction of sp³-hybridized carbons (Fsp3) is 0.833. The number of carboxylic acids is 1. The Morgan fingerprint density at radius 1 is 1.41 bits per heavy atom. The van der Waals surface area contributed by atoms with Crippen molar-refractivity contribution < 1.29 is 14.7 Å². The quantitative estimate of drug-likeness (QED) is 0.748. The summed E-state index contributed by atoms with van der Waals surface area (Å²) in [6.07, 6.45) is 3.39. The van der Waals surface area contributed by atoms with Gasteiger partial charge in [0.05, 0.1) is 11.5 Å². The molecule has 1 rings (SSSR count). The van der Waals surface area contributed by atoms with E-state index in [0.717, 1.165) is 12.8 Å². The molecule has 1 aliphatic rings. The number of rotatable bonds is 5. The second-order valence-electron chi connectivity index (χ2n) is 4.95. The molecule has 0 aromatic rings. The predicted molar refractivity (Wildman–Crippen MR) is 64.4 cm³/mol. The second-order valence-corrected chi connectivity index (χ2v) is 4.95. The molecule has 5 heteroatoms. The fourth-order valence-electron chi connectivity index (χ4n) is 2.30. The molecule has 0 saturated heterocycles. The average molecular weight is 242 g/mol. The van der Waals surface area contributed by atoms with Crippen molar-refractivity contribution >= 4 is 11.9 Å². The maximum atomic E-state index is 12.3. The van der Waals surface area contributed by atoms with Crippen molar-refractivity contribution in [3.63, 3.8) is 0 Å². The highest BCUT2D eigenvalue weighted by Gasteiger charge is 2.39. The number of amides is 1. The highest BCUT2D eigenvalue weighted by molar-refractivity contribution is 5.86. The molecule has 0 heterocycles. The number of aliphatic carboxylic acids is 1. The van der Waals surface area contributed by atoms with Gasteiger partial charge < -0.3 is 15.7 Å². The Morgan fingerprint density at radius 3 is 2.35 bits per heavy atom. The van der Waals surface area contributed by atoms with E-state index in [-0.39, 0.29) is 12.5 Å². The monoisotopic (exact) mass is 242 g/mol. The van der Waals surface area contributed by atoms with Gasteiger partial charge in [-0.15, -0.1) is 0 Å². The van der Waals surface area contributed by atoms with Crippen molar-refractivity contribution in [2.45, 2.75) is 45.1 Å². The molecule has 1 fully saturated rings. The third kappa shape index (κ3) is 3.19. The van der Waals surface area contributed by atoms with Crippen LogP contribution in [0.3, 0.4) is 0 Å². The number of nitrogens with two attached hydrogens (primary N) is 1. The van der Waals surface area contributed by atoms with E-state index in [1.807, 2.05) is 6.92 Å². The minimum atomic E-state index is -0.881. The van der Waals surface area contributed by atoms with Gasteiger partial charge in [-0.1, -0.05) is 19.8 Å². The van der Waals surface area contributed by atoms with Crippen LogP contribution >= 0.6 is 0 Å². The predicted octanol–water partition coefficient (Wildman–Crippen LogP) is 0.827. The molecule has 1 aliphatic carbocycles.